The lowest BCUT2D eigenvalue weighted by atomic mass is 9.93. The molecule has 0 spiro atoms. The number of nitriles is 1. The fraction of sp³-hybridized carbons (Fsp3) is 0.185. The highest BCUT2D eigenvalue weighted by atomic mass is 19.4. The summed E-state index contributed by atoms with van der Waals surface area (Å²) in [4.78, 5) is 12.0. The highest BCUT2D eigenvalue weighted by Gasteiger charge is 2.32. The molecule has 35 heavy (non-hydrogen) atoms. The Labute approximate surface area is 199 Å². The third-order valence-corrected chi connectivity index (χ3v) is 5.91. The number of nitrogen functional groups attached to an aromatic ring is 1. The molecule has 8 heteroatoms. The molecule has 0 saturated heterocycles. The Morgan fingerprint density at radius 2 is 1.71 bits per heavy atom. The molecule has 0 amide bonds. The molecule has 178 valence electrons. The number of hydrogen-bond donors (Lipinski definition) is 1. The Morgan fingerprint density at radius 3 is 2.40 bits per heavy atom. The van der Waals surface area contributed by atoms with Crippen LogP contribution in [0.5, 0.6) is 5.75 Å². The van der Waals surface area contributed by atoms with Crippen molar-refractivity contribution in [2.24, 2.45) is 0 Å². The Balaban J connectivity index is 1.79. The smallest absolute Gasteiger partial charge is 0.416 e. The fourth-order valence-electron chi connectivity index (χ4n) is 4.17. The molecular formula is C27H20F4N2O2. The van der Waals surface area contributed by atoms with E-state index >= 15 is 0 Å². The molecule has 1 aliphatic rings. The minimum atomic E-state index is -4.54. The first-order valence-corrected chi connectivity index (χ1v) is 10.8. The van der Waals surface area contributed by atoms with Gasteiger partial charge in [-0.15, -0.1) is 0 Å². The van der Waals surface area contributed by atoms with Crippen LogP contribution in [-0.2, 0) is 12.8 Å². The molecule has 0 heterocycles. The van der Waals surface area contributed by atoms with E-state index < -0.39 is 23.3 Å². The minimum Gasteiger partial charge on any atom is -0.488 e. The van der Waals surface area contributed by atoms with Crippen molar-refractivity contribution >= 4 is 22.6 Å². The predicted molar refractivity (Wildman–Crippen MR) is 124 cm³/mol. The molecule has 0 radical (unpaired) electrons. The number of carbonyl (C=O) groups is 1. The van der Waals surface area contributed by atoms with Gasteiger partial charge in [0, 0.05) is 11.3 Å². The summed E-state index contributed by atoms with van der Waals surface area (Å²) >= 11 is 0. The fourth-order valence-corrected chi connectivity index (χ4v) is 4.17. The van der Waals surface area contributed by atoms with Gasteiger partial charge in [0.2, 0.25) is 0 Å². The van der Waals surface area contributed by atoms with Crippen LogP contribution < -0.4 is 10.5 Å². The number of ketones is 1. The zero-order valence-electron chi connectivity index (χ0n) is 18.5. The van der Waals surface area contributed by atoms with E-state index in [1.165, 1.54) is 30.3 Å². The van der Waals surface area contributed by atoms with Gasteiger partial charge in [0.25, 0.3) is 5.78 Å². The van der Waals surface area contributed by atoms with Gasteiger partial charge in [0.15, 0.2) is 0 Å². The molecule has 0 aliphatic heterocycles. The topological polar surface area (TPSA) is 76.1 Å². The molecule has 0 atom stereocenters. The molecular weight excluding hydrogens is 460 g/mol. The second kappa shape index (κ2) is 9.63. The number of halogens is 4. The van der Waals surface area contributed by atoms with Crippen molar-refractivity contribution in [2.45, 2.75) is 32.0 Å². The van der Waals surface area contributed by atoms with Crippen molar-refractivity contribution in [1.29, 1.82) is 5.26 Å². The van der Waals surface area contributed by atoms with Crippen LogP contribution >= 0.6 is 0 Å². The largest absolute Gasteiger partial charge is 0.488 e. The van der Waals surface area contributed by atoms with Gasteiger partial charge < -0.3 is 10.5 Å². The molecule has 4 nitrogen and oxygen atoms in total. The number of nitrogens with two attached hydrogens (primary N) is 1. The van der Waals surface area contributed by atoms with Crippen LogP contribution in [0.4, 0.5) is 23.2 Å². The van der Waals surface area contributed by atoms with Crippen LogP contribution in [0.3, 0.4) is 0 Å². The van der Waals surface area contributed by atoms with Crippen LogP contribution in [-0.4, -0.2) is 5.78 Å². The van der Waals surface area contributed by atoms with Crippen LogP contribution in [0.25, 0.3) is 11.1 Å². The van der Waals surface area contributed by atoms with Gasteiger partial charge in [-0.1, -0.05) is 18.2 Å². The minimum absolute atomic E-state index is 0.0456. The van der Waals surface area contributed by atoms with Crippen LogP contribution in [0.1, 0.15) is 51.9 Å². The summed E-state index contributed by atoms with van der Waals surface area (Å²) in [5, 5.41) is 9.00. The van der Waals surface area contributed by atoms with E-state index in [2.05, 4.69) is 0 Å². The number of benzene rings is 3. The maximum Gasteiger partial charge on any atom is 0.416 e. The third kappa shape index (κ3) is 5.19. The van der Waals surface area contributed by atoms with Gasteiger partial charge in [-0.25, -0.2) is 4.39 Å². The molecule has 3 aromatic carbocycles. The van der Waals surface area contributed by atoms with Crippen LogP contribution in [0, 0.1) is 17.1 Å². The third-order valence-electron chi connectivity index (χ3n) is 5.91. The van der Waals surface area contributed by atoms with Crippen molar-refractivity contribution in [2.75, 3.05) is 5.73 Å². The quantitative estimate of drug-likeness (QED) is 0.182. The number of carbonyl (C=O) groups excluding carboxylic acids is 1. The number of allylic oxidation sites excluding steroid dienone is 2. The van der Waals surface area contributed by atoms with Crippen molar-refractivity contribution in [1.82, 2.24) is 0 Å². The molecule has 0 bridgehead atoms. The highest BCUT2D eigenvalue weighted by Crippen LogP contribution is 2.45. The molecule has 4 rings (SSSR count). The second-order valence-corrected chi connectivity index (χ2v) is 8.18. The van der Waals surface area contributed by atoms with Crippen molar-refractivity contribution in [3.05, 3.63) is 94.3 Å². The van der Waals surface area contributed by atoms with E-state index in [4.69, 9.17) is 15.7 Å². The molecule has 0 aromatic heterocycles. The van der Waals surface area contributed by atoms with Gasteiger partial charge in [-0.05, 0) is 84.0 Å². The number of nitrogens with zero attached hydrogens (tertiary/aromatic N) is 1. The molecule has 0 unspecified atom stereocenters. The van der Waals surface area contributed by atoms with Crippen molar-refractivity contribution in [3.63, 3.8) is 0 Å². The van der Waals surface area contributed by atoms with Crippen LogP contribution in [0.2, 0.25) is 0 Å². The normalized spacial score (nSPS) is 13.6. The first-order valence-electron chi connectivity index (χ1n) is 10.8. The lowest BCUT2D eigenvalue weighted by Crippen LogP contribution is -2.07. The number of rotatable bonds is 6. The average Bonchev–Trinajstić information content (AvgIpc) is 3.32. The molecule has 0 fully saturated rings. The van der Waals surface area contributed by atoms with Gasteiger partial charge in [0.1, 0.15) is 24.2 Å². The Morgan fingerprint density at radius 1 is 1.00 bits per heavy atom. The van der Waals surface area contributed by atoms with Gasteiger partial charge in [-0.3, -0.25) is 4.79 Å². The Bertz CT molecular complexity index is 1350. The summed E-state index contributed by atoms with van der Waals surface area (Å²) in [6, 6.07) is 15.2. The van der Waals surface area contributed by atoms with E-state index in [9.17, 15) is 22.4 Å². The van der Waals surface area contributed by atoms with Gasteiger partial charge in [-0.2, -0.15) is 18.4 Å². The highest BCUT2D eigenvalue weighted by molar-refractivity contribution is 6.11. The first kappa shape index (κ1) is 24.0. The first-order chi connectivity index (χ1) is 16.7. The second-order valence-electron chi connectivity index (χ2n) is 8.18. The van der Waals surface area contributed by atoms with Gasteiger partial charge >= 0.3 is 6.18 Å². The lowest BCUT2D eigenvalue weighted by molar-refractivity contribution is -0.137. The number of alkyl halides is 3. The number of anilines is 1. The zero-order chi connectivity index (χ0) is 25.2. The van der Waals surface area contributed by atoms with E-state index in [1.807, 2.05) is 0 Å². The Kier molecular flexibility index (Phi) is 6.61. The van der Waals surface area contributed by atoms with E-state index in [0.717, 1.165) is 17.7 Å². The predicted octanol–water partition coefficient (Wildman–Crippen LogP) is 6.81. The van der Waals surface area contributed by atoms with E-state index in [0.29, 0.717) is 41.5 Å². The number of hydrogen-bond acceptors (Lipinski definition) is 4. The average molecular weight is 480 g/mol. The summed E-state index contributed by atoms with van der Waals surface area (Å²) in [5.41, 5.74) is 8.28. The lowest BCUT2D eigenvalue weighted by Gasteiger charge is -2.17. The zero-order valence-corrected chi connectivity index (χ0v) is 18.5. The maximum absolute atomic E-state index is 13.5. The summed E-state index contributed by atoms with van der Waals surface area (Å²) in [5.74, 6) is -0.921. The maximum atomic E-state index is 13.5. The van der Waals surface area contributed by atoms with Crippen molar-refractivity contribution < 1.29 is 27.1 Å². The van der Waals surface area contributed by atoms with E-state index in [1.54, 1.807) is 24.3 Å². The van der Waals surface area contributed by atoms with E-state index in [-0.39, 0.29) is 23.6 Å². The summed E-state index contributed by atoms with van der Waals surface area (Å²) in [7, 11) is 0. The standard InChI is InChI=1S/C27H20F4N2O2/c28-19-8-4-16(5-9-19)15-35-26-11-7-18(27(29,30)31)13-22(26)21-3-1-2-20(21)17-6-10-24(33)23(12-17)25(34)14-32/h4-13H,1-3,15,33H2. The van der Waals surface area contributed by atoms with Crippen LogP contribution in [0.15, 0.2) is 60.7 Å². The summed E-state index contributed by atoms with van der Waals surface area (Å²) in [6.45, 7) is 0.0456. The summed E-state index contributed by atoms with van der Waals surface area (Å²) in [6.07, 6.45) is -2.76. The van der Waals surface area contributed by atoms with Gasteiger partial charge in [0.05, 0.1) is 11.1 Å². The molecule has 0 saturated carbocycles. The monoisotopic (exact) mass is 480 g/mol. The van der Waals surface area contributed by atoms with Crippen molar-refractivity contribution in [3.8, 4) is 11.8 Å². The molecule has 3 aromatic rings. The number of ether oxygens (including phenoxy) is 1. The molecule has 2 N–H and O–H groups in total. The SMILES string of the molecule is N#CC(=O)c1cc(C2=C(c3cc(C(F)(F)F)ccc3OCc3ccc(F)cc3)CCC2)ccc1N. The summed E-state index contributed by atoms with van der Waals surface area (Å²) < 4.78 is 59.7. The molecule has 1 aliphatic carbocycles. The number of Topliss-reactive ketones (excluding diaryl/α,β-unsaturated/α-hetero) is 1. The Hall–Kier alpha value is -4.12.